The summed E-state index contributed by atoms with van der Waals surface area (Å²) >= 11 is -5.41. The van der Waals surface area contributed by atoms with Crippen molar-refractivity contribution < 1.29 is 52.8 Å². The molecule has 0 heterocycles. The summed E-state index contributed by atoms with van der Waals surface area (Å²) in [6, 6.07) is 0. The minimum atomic E-state index is -5.41. The molecule has 0 aliphatic carbocycles. The zero-order chi connectivity index (χ0) is 7.33. The summed E-state index contributed by atoms with van der Waals surface area (Å²) in [6.45, 7) is 0. The minimum absolute atomic E-state index is 2.72. The zero-order valence-electron chi connectivity index (χ0n) is 3.67. The molecule has 0 aromatic rings. The van der Waals surface area contributed by atoms with Gasteiger partial charge in [-0.3, -0.25) is 0 Å². The van der Waals surface area contributed by atoms with Gasteiger partial charge in [0.05, 0.1) is 0 Å². The van der Waals surface area contributed by atoms with Gasteiger partial charge >= 0.3 is 52.8 Å². The van der Waals surface area contributed by atoms with Gasteiger partial charge in [-0.15, -0.1) is 0 Å². The van der Waals surface area contributed by atoms with Gasteiger partial charge in [-0.05, 0) is 0 Å². The Kier molecular flexibility index (Phi) is 4.40. The number of rotatable bonds is 4. The van der Waals surface area contributed by atoms with Gasteiger partial charge in [-0.1, -0.05) is 0 Å². The van der Waals surface area contributed by atoms with Crippen LogP contribution in [0.2, 0.25) is 0 Å². The molecular formula is MoO8. The molecule has 54 valence electrons. The van der Waals surface area contributed by atoms with E-state index in [-0.39, 0.29) is 0 Å². The quantitative estimate of drug-likeness (QED) is 0.354. The van der Waals surface area contributed by atoms with Crippen LogP contribution in [0.5, 0.6) is 0 Å². The first kappa shape index (κ1) is 9.37. The van der Waals surface area contributed by atoms with Gasteiger partial charge in [0, 0.05) is 0 Å². The molecule has 0 unspecified atom stereocenters. The molecule has 8 nitrogen and oxygen atoms in total. The molecule has 0 N–H and O–H groups in total. The van der Waals surface area contributed by atoms with Gasteiger partial charge < -0.3 is 0 Å². The fraction of sp³-hybridized carbons (Fsp3) is 0. The van der Waals surface area contributed by atoms with Crippen molar-refractivity contribution in [3.63, 3.8) is 0 Å². The van der Waals surface area contributed by atoms with Crippen LogP contribution < -0.4 is 0 Å². The van der Waals surface area contributed by atoms with Crippen molar-refractivity contribution in [3.8, 4) is 0 Å². The van der Waals surface area contributed by atoms with E-state index in [1.54, 1.807) is 0 Å². The van der Waals surface area contributed by atoms with Crippen LogP contribution in [0.15, 0.2) is 0 Å². The Morgan fingerprint density at radius 1 is 0.667 bits per heavy atom. The third-order valence-corrected chi connectivity index (χ3v) is 1.97. The fourth-order valence-electron chi connectivity index (χ4n) is 0.0680. The first-order valence-electron chi connectivity index (χ1n) is 1.33. The summed E-state index contributed by atoms with van der Waals surface area (Å²) in [5.41, 5.74) is 0. The number of hydrogen-bond acceptors (Lipinski definition) is 4. The monoisotopic (exact) mass is 226 g/mol. The molecule has 0 atom stereocenters. The molecule has 0 aromatic heterocycles. The zero-order valence-corrected chi connectivity index (χ0v) is 5.68. The van der Waals surface area contributed by atoms with Gasteiger partial charge in [0.15, 0.2) is 0 Å². The van der Waals surface area contributed by atoms with Crippen molar-refractivity contribution in [2.75, 3.05) is 0 Å². The van der Waals surface area contributed by atoms with Crippen molar-refractivity contribution in [1.29, 1.82) is 0 Å². The predicted octanol–water partition coefficient (Wildman–Crippen LogP) is -0.751. The van der Waals surface area contributed by atoms with E-state index in [0.717, 1.165) is 0 Å². The molecular weight excluding hydrogens is 224 g/mol. The third-order valence-electron chi connectivity index (χ3n) is 0.333. The van der Waals surface area contributed by atoms with Crippen molar-refractivity contribution >= 4 is 0 Å². The second-order valence-electron chi connectivity index (χ2n) is 0.680. The summed E-state index contributed by atoms with van der Waals surface area (Å²) < 4.78 is 10.9. The van der Waals surface area contributed by atoms with E-state index in [2.05, 4.69) is 14.2 Å². The average molecular weight is 224 g/mol. The summed E-state index contributed by atoms with van der Waals surface area (Å²) in [5.74, 6) is 0. The Morgan fingerprint density at radius 3 is 0.889 bits per heavy atom. The topological polar surface area (TPSA) is 117 Å². The first-order valence-corrected chi connectivity index (χ1v) is 4.61. The van der Waals surface area contributed by atoms with E-state index in [1.165, 1.54) is 0 Å². The molecule has 0 aliphatic heterocycles. The molecule has 0 aliphatic rings. The Labute approximate surface area is 53.5 Å². The van der Waals surface area contributed by atoms with E-state index < -0.39 is 17.6 Å². The second-order valence-corrected chi connectivity index (χ2v) is 4.03. The van der Waals surface area contributed by atoms with Crippen LogP contribution in [0.1, 0.15) is 0 Å². The van der Waals surface area contributed by atoms with E-state index in [9.17, 15) is 21.0 Å². The van der Waals surface area contributed by atoms with Crippen molar-refractivity contribution in [3.05, 3.63) is 0 Å². The van der Waals surface area contributed by atoms with Crippen LogP contribution in [-0.2, 0) is 52.8 Å². The summed E-state index contributed by atoms with van der Waals surface area (Å²) in [7, 11) is 0. The van der Waals surface area contributed by atoms with Gasteiger partial charge in [0.25, 0.3) is 0 Å². The third kappa shape index (κ3) is 2.22. The van der Waals surface area contributed by atoms with Crippen LogP contribution in [0.4, 0.5) is 0 Å². The van der Waals surface area contributed by atoms with Crippen LogP contribution in [0.25, 0.3) is 0 Å². The van der Waals surface area contributed by atoms with Crippen LogP contribution in [0, 0.1) is 0 Å². The molecule has 0 bridgehead atoms. The molecule has 0 saturated heterocycles. The van der Waals surface area contributed by atoms with Crippen LogP contribution in [0.3, 0.4) is 0 Å². The van der Waals surface area contributed by atoms with Gasteiger partial charge in [-0.25, -0.2) is 0 Å². The molecule has 0 fully saturated rings. The molecule has 0 rings (SSSR count). The van der Waals surface area contributed by atoms with E-state index in [0.29, 0.717) is 0 Å². The SMILES string of the molecule is [O][O][Mo]([O][O])([O][O])[O][O]. The normalized spacial score (nSPS) is 13.8. The average Bonchev–Trinajstić information content (AvgIpc) is 1.95. The van der Waals surface area contributed by atoms with Crippen molar-refractivity contribution in [2.24, 2.45) is 0 Å². The molecule has 0 amide bonds. The van der Waals surface area contributed by atoms with E-state index in [1.807, 2.05) is 0 Å². The molecule has 0 aromatic carbocycles. The maximum absolute atomic E-state index is 9.25. The Bertz CT molecular complexity index is 47.5. The molecule has 0 spiro atoms. The maximum atomic E-state index is 9.25. The Balaban J connectivity index is 3.82. The van der Waals surface area contributed by atoms with Gasteiger partial charge in [0.1, 0.15) is 0 Å². The summed E-state index contributed by atoms with van der Waals surface area (Å²) in [5, 5.41) is 37.0. The van der Waals surface area contributed by atoms with E-state index in [4.69, 9.17) is 0 Å². The predicted molar refractivity (Wildman–Crippen MR) is 7.09 cm³/mol. The Hall–Kier alpha value is 0.368. The van der Waals surface area contributed by atoms with Crippen LogP contribution >= 0.6 is 0 Å². The van der Waals surface area contributed by atoms with Crippen molar-refractivity contribution in [1.82, 2.24) is 0 Å². The van der Waals surface area contributed by atoms with Crippen molar-refractivity contribution in [2.45, 2.75) is 0 Å². The molecule has 9 heavy (non-hydrogen) atoms. The summed E-state index contributed by atoms with van der Waals surface area (Å²) in [4.78, 5) is 0. The fourth-order valence-corrected chi connectivity index (χ4v) is 0.403. The molecule has 4 radical (unpaired) electrons. The van der Waals surface area contributed by atoms with Gasteiger partial charge in [0.2, 0.25) is 0 Å². The molecule has 0 saturated carbocycles. The standard InChI is InChI=1S/Mo.4O2/c;4*1-2/q+4;4*-1. The first-order chi connectivity index (χ1) is 4.24. The van der Waals surface area contributed by atoms with E-state index >= 15 is 0 Å². The number of hydrogen-bond donors (Lipinski definition) is 0. The summed E-state index contributed by atoms with van der Waals surface area (Å²) in [6.07, 6.45) is 0. The molecule has 9 heteroatoms. The van der Waals surface area contributed by atoms with Crippen LogP contribution in [-0.4, -0.2) is 0 Å². The second kappa shape index (κ2) is 4.23. The Morgan fingerprint density at radius 2 is 0.889 bits per heavy atom. The van der Waals surface area contributed by atoms with Gasteiger partial charge in [-0.2, -0.15) is 0 Å².